The van der Waals surface area contributed by atoms with Crippen LogP contribution >= 0.6 is 0 Å². The van der Waals surface area contributed by atoms with Crippen molar-refractivity contribution < 1.29 is 9.47 Å². The molecule has 1 saturated carbocycles. The zero-order valence-corrected chi connectivity index (χ0v) is 16.2. The van der Waals surface area contributed by atoms with Crippen molar-refractivity contribution in [3.8, 4) is 5.75 Å². The van der Waals surface area contributed by atoms with Crippen LogP contribution in [-0.4, -0.2) is 51.3 Å². The van der Waals surface area contributed by atoms with Crippen molar-refractivity contribution in [3.63, 3.8) is 0 Å². The van der Waals surface area contributed by atoms with Crippen molar-refractivity contribution in [3.05, 3.63) is 29.8 Å². The van der Waals surface area contributed by atoms with Gasteiger partial charge in [-0.15, -0.1) is 0 Å². The van der Waals surface area contributed by atoms with Gasteiger partial charge in [-0.3, -0.25) is 4.99 Å². The molecule has 0 heterocycles. The standard InChI is InChI=1S/C20H33N3O2/c1-5-24-14-13-20(11-12-20)16-22-19(21-3)23(4)15-17-7-9-18(10-8-17)25-6-2/h7-10H,5-6,11-16H2,1-4H3,(H,21,22). The Balaban J connectivity index is 1.81. The molecule has 0 spiro atoms. The van der Waals surface area contributed by atoms with E-state index in [1.54, 1.807) is 0 Å². The molecular weight excluding hydrogens is 314 g/mol. The van der Waals surface area contributed by atoms with Gasteiger partial charge < -0.3 is 19.7 Å². The Labute approximate surface area is 152 Å². The van der Waals surface area contributed by atoms with E-state index in [-0.39, 0.29) is 0 Å². The van der Waals surface area contributed by atoms with Gasteiger partial charge >= 0.3 is 0 Å². The molecule has 0 aromatic heterocycles. The lowest BCUT2D eigenvalue weighted by Gasteiger charge is -2.25. The molecule has 1 fully saturated rings. The van der Waals surface area contributed by atoms with E-state index in [9.17, 15) is 0 Å². The zero-order chi connectivity index (χ0) is 18.1. The fraction of sp³-hybridized carbons (Fsp3) is 0.650. The molecule has 5 nitrogen and oxygen atoms in total. The Bertz CT molecular complexity index is 538. The third-order valence-electron chi connectivity index (χ3n) is 4.79. The van der Waals surface area contributed by atoms with E-state index in [0.29, 0.717) is 12.0 Å². The van der Waals surface area contributed by atoms with Gasteiger partial charge in [-0.25, -0.2) is 0 Å². The summed E-state index contributed by atoms with van der Waals surface area (Å²) < 4.78 is 11.0. The van der Waals surface area contributed by atoms with Crippen LogP contribution in [0.4, 0.5) is 0 Å². The predicted molar refractivity (Wildman–Crippen MR) is 103 cm³/mol. The molecule has 1 aromatic rings. The number of nitrogens with one attached hydrogen (secondary N) is 1. The second-order valence-corrected chi connectivity index (χ2v) is 6.78. The number of rotatable bonds is 10. The van der Waals surface area contributed by atoms with E-state index < -0.39 is 0 Å². The fourth-order valence-electron chi connectivity index (χ4n) is 2.98. The first-order valence-electron chi connectivity index (χ1n) is 9.33. The van der Waals surface area contributed by atoms with Crippen molar-refractivity contribution in [2.45, 2.75) is 39.7 Å². The summed E-state index contributed by atoms with van der Waals surface area (Å²) in [4.78, 5) is 6.59. The highest BCUT2D eigenvalue weighted by molar-refractivity contribution is 5.79. The summed E-state index contributed by atoms with van der Waals surface area (Å²) >= 11 is 0. The molecule has 1 aliphatic rings. The summed E-state index contributed by atoms with van der Waals surface area (Å²) in [5, 5.41) is 3.55. The van der Waals surface area contributed by atoms with Crippen LogP contribution in [0.1, 0.15) is 38.7 Å². The number of hydrogen-bond acceptors (Lipinski definition) is 3. The average molecular weight is 348 g/mol. The third-order valence-corrected chi connectivity index (χ3v) is 4.79. The second-order valence-electron chi connectivity index (χ2n) is 6.78. The minimum Gasteiger partial charge on any atom is -0.494 e. The van der Waals surface area contributed by atoms with Crippen molar-refractivity contribution in [1.29, 1.82) is 0 Å². The number of ether oxygens (including phenoxy) is 2. The predicted octanol–water partition coefficient (Wildman–Crippen LogP) is 3.30. The van der Waals surface area contributed by atoms with Gasteiger partial charge in [0.25, 0.3) is 0 Å². The van der Waals surface area contributed by atoms with Crippen LogP contribution in [0, 0.1) is 5.41 Å². The molecule has 140 valence electrons. The van der Waals surface area contributed by atoms with E-state index in [4.69, 9.17) is 9.47 Å². The maximum atomic E-state index is 5.52. The molecule has 0 aliphatic heterocycles. The lowest BCUT2D eigenvalue weighted by molar-refractivity contribution is 0.128. The van der Waals surface area contributed by atoms with Gasteiger partial charge in [-0.1, -0.05) is 12.1 Å². The minimum absolute atomic E-state index is 0.408. The van der Waals surface area contributed by atoms with Crippen molar-refractivity contribution in [2.75, 3.05) is 40.5 Å². The summed E-state index contributed by atoms with van der Waals surface area (Å²) in [6.45, 7) is 8.20. The maximum absolute atomic E-state index is 5.52. The molecular formula is C20H33N3O2. The van der Waals surface area contributed by atoms with Crippen molar-refractivity contribution >= 4 is 5.96 Å². The van der Waals surface area contributed by atoms with Gasteiger partial charge in [0.05, 0.1) is 6.61 Å². The number of hydrogen-bond donors (Lipinski definition) is 1. The largest absolute Gasteiger partial charge is 0.494 e. The first kappa shape index (κ1) is 19.6. The highest BCUT2D eigenvalue weighted by Crippen LogP contribution is 2.48. The Morgan fingerprint density at radius 3 is 2.48 bits per heavy atom. The molecule has 5 heteroatoms. The van der Waals surface area contributed by atoms with Gasteiger partial charge in [-0.05, 0) is 56.2 Å². The molecule has 0 saturated heterocycles. The summed E-state index contributed by atoms with van der Waals surface area (Å²) in [7, 11) is 3.92. The molecule has 2 rings (SSSR count). The molecule has 0 amide bonds. The van der Waals surface area contributed by atoms with Crippen LogP contribution in [0.25, 0.3) is 0 Å². The summed E-state index contributed by atoms with van der Waals surface area (Å²) in [5.41, 5.74) is 1.65. The molecule has 25 heavy (non-hydrogen) atoms. The van der Waals surface area contributed by atoms with Crippen LogP contribution in [0.5, 0.6) is 5.75 Å². The molecule has 1 aromatic carbocycles. The topological polar surface area (TPSA) is 46.1 Å². The first-order chi connectivity index (χ1) is 12.1. The molecule has 0 unspecified atom stereocenters. The number of nitrogens with zero attached hydrogens (tertiary/aromatic N) is 2. The third kappa shape index (κ3) is 6.24. The molecule has 0 bridgehead atoms. The van der Waals surface area contributed by atoms with Gasteiger partial charge in [-0.2, -0.15) is 0 Å². The van der Waals surface area contributed by atoms with Crippen LogP contribution in [0.3, 0.4) is 0 Å². The zero-order valence-electron chi connectivity index (χ0n) is 16.2. The van der Waals surface area contributed by atoms with Crippen LogP contribution in [-0.2, 0) is 11.3 Å². The quantitative estimate of drug-likeness (QED) is 0.401. The van der Waals surface area contributed by atoms with Gasteiger partial charge in [0.2, 0.25) is 0 Å². The van der Waals surface area contributed by atoms with E-state index in [1.807, 2.05) is 26.1 Å². The highest BCUT2D eigenvalue weighted by Gasteiger charge is 2.42. The van der Waals surface area contributed by atoms with E-state index >= 15 is 0 Å². The smallest absolute Gasteiger partial charge is 0.193 e. The minimum atomic E-state index is 0.408. The SMILES string of the molecule is CCOCCC1(CNC(=NC)N(C)Cc2ccc(OCC)cc2)CC1. The first-order valence-corrected chi connectivity index (χ1v) is 9.33. The monoisotopic (exact) mass is 347 g/mol. The molecule has 1 N–H and O–H groups in total. The van der Waals surface area contributed by atoms with Crippen molar-refractivity contribution in [1.82, 2.24) is 10.2 Å². The highest BCUT2D eigenvalue weighted by atomic mass is 16.5. The number of aliphatic imine (C=N–C) groups is 1. The summed E-state index contributed by atoms with van der Waals surface area (Å²) in [6.07, 6.45) is 3.70. The normalized spacial score (nSPS) is 15.8. The van der Waals surface area contributed by atoms with Gasteiger partial charge in [0.15, 0.2) is 5.96 Å². The van der Waals surface area contributed by atoms with Crippen LogP contribution in [0.15, 0.2) is 29.3 Å². The van der Waals surface area contributed by atoms with Crippen LogP contribution < -0.4 is 10.1 Å². The molecule has 0 atom stereocenters. The van der Waals surface area contributed by atoms with Gasteiger partial charge in [0, 0.05) is 40.4 Å². The van der Waals surface area contributed by atoms with Crippen molar-refractivity contribution in [2.24, 2.45) is 10.4 Å². The van der Waals surface area contributed by atoms with Crippen LogP contribution in [0.2, 0.25) is 0 Å². The summed E-state index contributed by atoms with van der Waals surface area (Å²) in [6, 6.07) is 8.27. The lowest BCUT2D eigenvalue weighted by atomic mass is 10.0. The summed E-state index contributed by atoms with van der Waals surface area (Å²) in [5.74, 6) is 1.86. The second kappa shape index (κ2) is 9.66. The Hall–Kier alpha value is -1.75. The number of guanidine groups is 1. The van der Waals surface area contributed by atoms with E-state index in [2.05, 4.69) is 41.3 Å². The fourth-order valence-corrected chi connectivity index (χ4v) is 2.98. The number of benzene rings is 1. The Morgan fingerprint density at radius 1 is 1.20 bits per heavy atom. The Morgan fingerprint density at radius 2 is 1.92 bits per heavy atom. The van der Waals surface area contributed by atoms with E-state index in [0.717, 1.165) is 44.4 Å². The molecule has 0 radical (unpaired) electrons. The molecule has 1 aliphatic carbocycles. The Kier molecular flexibility index (Phi) is 7.56. The lowest BCUT2D eigenvalue weighted by Crippen LogP contribution is -2.41. The van der Waals surface area contributed by atoms with Gasteiger partial charge in [0.1, 0.15) is 5.75 Å². The average Bonchev–Trinajstić information content (AvgIpc) is 3.38. The van der Waals surface area contributed by atoms with E-state index in [1.165, 1.54) is 18.4 Å². The maximum Gasteiger partial charge on any atom is 0.193 e.